The molecular weight excluding hydrogens is 332 g/mol. The monoisotopic (exact) mass is 352 g/mol. The second-order valence-electron chi connectivity index (χ2n) is 6.01. The van der Waals surface area contributed by atoms with Crippen LogP contribution in [0.4, 0.5) is 0 Å². The second-order valence-corrected chi connectivity index (χ2v) is 6.01. The van der Waals surface area contributed by atoms with E-state index in [-0.39, 0.29) is 18.0 Å². The molecule has 0 unspecified atom stereocenters. The van der Waals surface area contributed by atoms with Gasteiger partial charge in [-0.3, -0.25) is 4.79 Å². The highest BCUT2D eigenvalue weighted by Crippen LogP contribution is 2.26. The minimum absolute atomic E-state index is 0.0164. The van der Waals surface area contributed by atoms with Gasteiger partial charge in [-0.15, -0.1) is 0 Å². The summed E-state index contributed by atoms with van der Waals surface area (Å²) in [6.07, 6.45) is 0. The largest absolute Gasteiger partial charge is 0.493 e. The third kappa shape index (κ3) is 3.77. The summed E-state index contributed by atoms with van der Waals surface area (Å²) < 4.78 is 16.7. The number of aryl methyl sites for hydroxylation is 1. The molecule has 3 aromatic rings. The van der Waals surface area contributed by atoms with Gasteiger partial charge in [0.1, 0.15) is 23.7 Å². The molecule has 0 amide bonds. The van der Waals surface area contributed by atoms with Crippen LogP contribution in [0.15, 0.2) is 51.7 Å². The Labute approximate surface area is 151 Å². The van der Waals surface area contributed by atoms with E-state index in [0.717, 1.165) is 16.5 Å². The van der Waals surface area contributed by atoms with Gasteiger partial charge in [-0.25, -0.2) is 4.79 Å². The van der Waals surface area contributed by atoms with Gasteiger partial charge < -0.3 is 13.9 Å². The number of ether oxygens (including phenoxy) is 2. The quantitative estimate of drug-likeness (QED) is 0.489. The van der Waals surface area contributed by atoms with Crippen molar-refractivity contribution in [3.8, 4) is 11.5 Å². The summed E-state index contributed by atoms with van der Waals surface area (Å²) in [6.45, 7) is 6.04. The zero-order valence-electron chi connectivity index (χ0n) is 15.0. The average molecular weight is 352 g/mol. The van der Waals surface area contributed by atoms with Crippen LogP contribution in [0.5, 0.6) is 11.5 Å². The Kier molecular flexibility index (Phi) is 5.07. The highest BCUT2D eigenvalue weighted by molar-refractivity contribution is 5.94. The number of ketones is 1. The maximum Gasteiger partial charge on any atom is 0.336 e. The third-order valence-corrected chi connectivity index (χ3v) is 4.08. The van der Waals surface area contributed by atoms with Crippen LogP contribution in [0, 0.1) is 6.92 Å². The van der Waals surface area contributed by atoms with Gasteiger partial charge in [-0.1, -0.05) is 0 Å². The molecule has 5 nitrogen and oxygen atoms in total. The molecule has 0 aliphatic rings. The summed E-state index contributed by atoms with van der Waals surface area (Å²) in [5, 5.41) is 0.866. The predicted octanol–water partition coefficient (Wildman–Crippen LogP) is 4.28. The lowest BCUT2D eigenvalue weighted by Crippen LogP contribution is -2.04. The van der Waals surface area contributed by atoms with Crippen molar-refractivity contribution in [2.75, 3.05) is 6.61 Å². The molecule has 0 fully saturated rings. The van der Waals surface area contributed by atoms with E-state index in [1.807, 2.05) is 26.0 Å². The second kappa shape index (κ2) is 7.44. The molecule has 5 heteroatoms. The lowest BCUT2D eigenvalue weighted by atomic mass is 10.1. The van der Waals surface area contributed by atoms with E-state index < -0.39 is 0 Å². The fraction of sp³-hybridized carbons (Fsp3) is 0.238. The number of carbonyl (C=O) groups is 1. The summed E-state index contributed by atoms with van der Waals surface area (Å²) in [6, 6.07) is 12.1. The van der Waals surface area contributed by atoms with Crippen molar-refractivity contribution in [2.45, 2.75) is 27.4 Å². The van der Waals surface area contributed by atoms with E-state index in [4.69, 9.17) is 13.9 Å². The van der Waals surface area contributed by atoms with Gasteiger partial charge in [0.25, 0.3) is 0 Å². The van der Waals surface area contributed by atoms with Gasteiger partial charge in [0.15, 0.2) is 5.78 Å². The van der Waals surface area contributed by atoms with E-state index in [2.05, 4.69) is 0 Å². The van der Waals surface area contributed by atoms with Crippen LogP contribution < -0.4 is 15.1 Å². The molecule has 0 radical (unpaired) electrons. The number of carbonyl (C=O) groups excluding carboxylic acids is 1. The van der Waals surface area contributed by atoms with Crippen molar-refractivity contribution in [2.24, 2.45) is 0 Å². The summed E-state index contributed by atoms with van der Waals surface area (Å²) in [4.78, 5) is 23.2. The first-order valence-electron chi connectivity index (χ1n) is 8.42. The van der Waals surface area contributed by atoms with Gasteiger partial charge in [0.2, 0.25) is 0 Å². The van der Waals surface area contributed by atoms with Crippen LogP contribution in [0.1, 0.15) is 35.3 Å². The number of fused-ring (bicyclic) bond motifs is 1. The van der Waals surface area contributed by atoms with Gasteiger partial charge in [0.05, 0.1) is 6.61 Å². The molecule has 3 rings (SSSR count). The first kappa shape index (κ1) is 17.7. The van der Waals surface area contributed by atoms with Crippen molar-refractivity contribution in [3.63, 3.8) is 0 Å². The lowest BCUT2D eigenvalue weighted by molar-refractivity contribution is 0.101. The van der Waals surface area contributed by atoms with Crippen LogP contribution >= 0.6 is 0 Å². The Morgan fingerprint density at radius 1 is 1.08 bits per heavy atom. The molecule has 134 valence electrons. The minimum atomic E-state index is -0.389. The van der Waals surface area contributed by atoms with E-state index in [1.54, 1.807) is 24.3 Å². The highest BCUT2D eigenvalue weighted by Gasteiger charge is 2.10. The number of hydrogen-bond acceptors (Lipinski definition) is 5. The normalized spacial score (nSPS) is 10.7. The Bertz CT molecular complexity index is 1020. The molecule has 0 aliphatic carbocycles. The molecule has 0 N–H and O–H groups in total. The maximum atomic E-state index is 11.6. The predicted molar refractivity (Wildman–Crippen MR) is 99.2 cm³/mol. The Morgan fingerprint density at radius 3 is 2.62 bits per heavy atom. The van der Waals surface area contributed by atoms with E-state index in [9.17, 15) is 9.59 Å². The maximum absolute atomic E-state index is 11.6. The van der Waals surface area contributed by atoms with Crippen molar-refractivity contribution in [3.05, 3.63) is 69.6 Å². The van der Waals surface area contributed by atoms with Crippen molar-refractivity contribution >= 4 is 16.8 Å². The smallest absolute Gasteiger partial charge is 0.336 e. The standard InChI is InChI=1S/C21H20O5/c1-4-24-19-8-5-15(14(3)22)10-16(19)12-25-17-6-7-18-13(2)9-21(23)26-20(18)11-17/h5-11H,4,12H2,1-3H3. The lowest BCUT2D eigenvalue weighted by Gasteiger charge is -2.13. The molecule has 1 heterocycles. The van der Waals surface area contributed by atoms with Crippen LogP contribution in [0.25, 0.3) is 11.0 Å². The van der Waals surface area contributed by atoms with Gasteiger partial charge in [-0.2, -0.15) is 0 Å². The van der Waals surface area contributed by atoms with E-state index in [1.165, 1.54) is 13.0 Å². The van der Waals surface area contributed by atoms with Crippen LogP contribution in [-0.4, -0.2) is 12.4 Å². The number of hydrogen-bond donors (Lipinski definition) is 0. The molecule has 26 heavy (non-hydrogen) atoms. The molecule has 2 aromatic carbocycles. The van der Waals surface area contributed by atoms with Crippen molar-refractivity contribution in [1.29, 1.82) is 0 Å². The Hall–Kier alpha value is -3.08. The Morgan fingerprint density at radius 2 is 1.88 bits per heavy atom. The van der Waals surface area contributed by atoms with Crippen LogP contribution in [0.3, 0.4) is 0 Å². The van der Waals surface area contributed by atoms with Crippen molar-refractivity contribution in [1.82, 2.24) is 0 Å². The van der Waals surface area contributed by atoms with Gasteiger partial charge >= 0.3 is 5.63 Å². The van der Waals surface area contributed by atoms with E-state index >= 15 is 0 Å². The van der Waals surface area contributed by atoms with Crippen LogP contribution in [-0.2, 0) is 6.61 Å². The first-order chi connectivity index (χ1) is 12.5. The summed E-state index contributed by atoms with van der Waals surface area (Å²) in [7, 11) is 0. The fourth-order valence-electron chi connectivity index (χ4n) is 2.76. The Balaban J connectivity index is 1.88. The average Bonchev–Trinajstić information content (AvgIpc) is 2.60. The molecule has 0 atom stereocenters. The minimum Gasteiger partial charge on any atom is -0.493 e. The summed E-state index contributed by atoms with van der Waals surface area (Å²) in [5.74, 6) is 1.24. The number of benzene rings is 2. The van der Waals surface area contributed by atoms with Crippen molar-refractivity contribution < 1.29 is 18.7 Å². The van der Waals surface area contributed by atoms with Crippen LogP contribution in [0.2, 0.25) is 0 Å². The molecule has 0 bridgehead atoms. The molecule has 0 saturated heterocycles. The SMILES string of the molecule is CCOc1ccc(C(C)=O)cc1COc1ccc2c(C)cc(=O)oc2c1. The molecule has 1 aromatic heterocycles. The van der Waals surface area contributed by atoms with Gasteiger partial charge in [0, 0.05) is 28.6 Å². The summed E-state index contributed by atoms with van der Waals surface area (Å²) >= 11 is 0. The first-order valence-corrected chi connectivity index (χ1v) is 8.42. The van der Waals surface area contributed by atoms with Gasteiger partial charge in [-0.05, 0) is 56.7 Å². The fourth-order valence-corrected chi connectivity index (χ4v) is 2.76. The zero-order chi connectivity index (χ0) is 18.7. The number of rotatable bonds is 6. The number of Topliss-reactive ketones (excluding diaryl/α,β-unsaturated/α-hetero) is 1. The molecular formula is C21H20O5. The third-order valence-electron chi connectivity index (χ3n) is 4.08. The molecule has 0 saturated carbocycles. The molecule has 0 aliphatic heterocycles. The highest BCUT2D eigenvalue weighted by atomic mass is 16.5. The zero-order valence-corrected chi connectivity index (χ0v) is 15.0. The molecule has 0 spiro atoms. The summed E-state index contributed by atoms with van der Waals surface area (Å²) in [5.41, 5.74) is 2.34. The topological polar surface area (TPSA) is 65.7 Å². The van der Waals surface area contributed by atoms with E-state index in [0.29, 0.717) is 29.3 Å².